The van der Waals surface area contributed by atoms with Gasteiger partial charge in [0, 0.05) is 10.6 Å². The molecule has 0 radical (unpaired) electrons. The summed E-state index contributed by atoms with van der Waals surface area (Å²) < 4.78 is 6.26. The molecule has 2 atom stereocenters. The quantitative estimate of drug-likeness (QED) is 0.551. The molecule has 1 aromatic carbocycles. The molecule has 0 amide bonds. The first-order valence-corrected chi connectivity index (χ1v) is 7.79. The lowest BCUT2D eigenvalue weighted by Crippen LogP contribution is -2.06. The van der Waals surface area contributed by atoms with Gasteiger partial charge in [-0.05, 0) is 40.4 Å². The summed E-state index contributed by atoms with van der Waals surface area (Å²) in [7, 11) is 1.65. The van der Waals surface area contributed by atoms with Crippen molar-refractivity contribution in [2.75, 3.05) is 7.11 Å². The maximum Gasteiger partial charge on any atom is 0.137 e. The fraction of sp³-hybridized carbons (Fsp3) is 0.571. The van der Waals surface area contributed by atoms with E-state index in [0.29, 0.717) is 10.9 Å². The number of alkyl halides is 1. The van der Waals surface area contributed by atoms with Crippen LogP contribution in [-0.2, 0) is 0 Å². The van der Waals surface area contributed by atoms with Gasteiger partial charge in [-0.1, -0.05) is 38.3 Å². The fourth-order valence-corrected chi connectivity index (χ4v) is 3.26. The average Bonchev–Trinajstić information content (AvgIpc) is 2.34. The van der Waals surface area contributed by atoms with Crippen LogP contribution >= 0.6 is 39.1 Å². The number of unbranched alkanes of at least 4 members (excludes halogenated alkanes) is 1. The Kier molecular flexibility index (Phi) is 6.83. The van der Waals surface area contributed by atoms with Crippen molar-refractivity contribution in [2.45, 2.75) is 38.5 Å². The van der Waals surface area contributed by atoms with Gasteiger partial charge in [0.15, 0.2) is 0 Å². The molecule has 18 heavy (non-hydrogen) atoms. The number of ether oxygens (including phenoxy) is 1. The van der Waals surface area contributed by atoms with Gasteiger partial charge < -0.3 is 4.74 Å². The van der Waals surface area contributed by atoms with E-state index < -0.39 is 0 Å². The zero-order valence-electron chi connectivity index (χ0n) is 11.0. The Morgan fingerprint density at radius 1 is 1.39 bits per heavy atom. The van der Waals surface area contributed by atoms with Gasteiger partial charge in [-0.2, -0.15) is 0 Å². The predicted molar refractivity (Wildman–Crippen MR) is 83.0 cm³/mol. The standard InChI is InChI=1S/C14H19BrCl2O/c1-4-5-6-9(2)13(17)11-7-10(16)8-12(15)14(11)18-3/h7-9,13H,4-6H2,1-3H3. The Morgan fingerprint density at radius 2 is 2.06 bits per heavy atom. The lowest BCUT2D eigenvalue weighted by molar-refractivity contribution is 0.398. The van der Waals surface area contributed by atoms with Gasteiger partial charge in [0.2, 0.25) is 0 Å². The highest BCUT2D eigenvalue weighted by Gasteiger charge is 2.22. The summed E-state index contributed by atoms with van der Waals surface area (Å²) in [6.45, 7) is 4.36. The van der Waals surface area contributed by atoms with Crippen LogP contribution < -0.4 is 4.74 Å². The van der Waals surface area contributed by atoms with E-state index >= 15 is 0 Å². The van der Waals surface area contributed by atoms with Gasteiger partial charge >= 0.3 is 0 Å². The Morgan fingerprint density at radius 3 is 2.61 bits per heavy atom. The van der Waals surface area contributed by atoms with Crippen molar-refractivity contribution in [3.63, 3.8) is 0 Å². The molecule has 0 N–H and O–H groups in total. The second-order valence-electron chi connectivity index (χ2n) is 4.53. The Bertz CT molecular complexity index is 396. The molecule has 0 aromatic heterocycles. The van der Waals surface area contributed by atoms with Crippen LogP contribution in [0.15, 0.2) is 16.6 Å². The molecule has 102 valence electrons. The third-order valence-corrected chi connectivity index (χ3v) is 4.52. The Hall–Kier alpha value is 0.0800. The first-order chi connectivity index (χ1) is 8.51. The van der Waals surface area contributed by atoms with E-state index in [1.165, 1.54) is 12.8 Å². The molecule has 2 unspecified atom stereocenters. The van der Waals surface area contributed by atoms with Gasteiger partial charge in [0.25, 0.3) is 0 Å². The van der Waals surface area contributed by atoms with E-state index in [4.69, 9.17) is 27.9 Å². The number of rotatable bonds is 6. The maximum absolute atomic E-state index is 6.56. The van der Waals surface area contributed by atoms with E-state index in [1.54, 1.807) is 7.11 Å². The fourth-order valence-electron chi connectivity index (χ4n) is 1.98. The highest BCUT2D eigenvalue weighted by Crippen LogP contribution is 2.42. The molecule has 0 bridgehead atoms. The van der Waals surface area contributed by atoms with Crippen LogP contribution in [0.3, 0.4) is 0 Å². The third-order valence-electron chi connectivity index (χ3n) is 3.05. The minimum absolute atomic E-state index is 0.0819. The van der Waals surface area contributed by atoms with Crippen LogP contribution in [0.1, 0.15) is 44.1 Å². The molecule has 0 aliphatic heterocycles. The third kappa shape index (κ3) is 4.04. The van der Waals surface area contributed by atoms with Crippen LogP contribution in [0.4, 0.5) is 0 Å². The monoisotopic (exact) mass is 352 g/mol. The summed E-state index contributed by atoms with van der Waals surface area (Å²) in [5.41, 5.74) is 0.960. The molecule has 0 heterocycles. The number of hydrogen-bond acceptors (Lipinski definition) is 1. The second-order valence-corrected chi connectivity index (χ2v) is 6.29. The number of benzene rings is 1. The lowest BCUT2D eigenvalue weighted by atomic mass is 9.95. The summed E-state index contributed by atoms with van der Waals surface area (Å²) in [5, 5.41) is 0.590. The molecule has 1 rings (SSSR count). The van der Waals surface area contributed by atoms with E-state index in [-0.39, 0.29) is 5.38 Å². The molecule has 0 spiro atoms. The summed E-state index contributed by atoms with van der Waals surface area (Å²) in [5.74, 6) is 1.17. The number of methoxy groups -OCH3 is 1. The van der Waals surface area contributed by atoms with E-state index in [9.17, 15) is 0 Å². The first-order valence-electron chi connectivity index (χ1n) is 6.18. The second kappa shape index (κ2) is 7.62. The molecule has 0 saturated heterocycles. The smallest absolute Gasteiger partial charge is 0.137 e. The average molecular weight is 354 g/mol. The highest BCUT2D eigenvalue weighted by molar-refractivity contribution is 9.10. The summed E-state index contributed by atoms with van der Waals surface area (Å²) >= 11 is 16.1. The van der Waals surface area contributed by atoms with Crippen molar-refractivity contribution in [3.05, 3.63) is 27.2 Å². The largest absolute Gasteiger partial charge is 0.495 e. The van der Waals surface area contributed by atoms with Gasteiger partial charge in [-0.25, -0.2) is 0 Å². The van der Waals surface area contributed by atoms with Gasteiger partial charge in [-0.15, -0.1) is 11.6 Å². The molecule has 1 aromatic rings. The molecule has 0 saturated carbocycles. The maximum atomic E-state index is 6.56. The van der Waals surface area contributed by atoms with Gasteiger partial charge in [-0.3, -0.25) is 0 Å². The van der Waals surface area contributed by atoms with Crippen LogP contribution in [0.5, 0.6) is 5.75 Å². The summed E-state index contributed by atoms with van der Waals surface area (Å²) in [6, 6.07) is 3.72. The Labute approximate surface area is 128 Å². The van der Waals surface area contributed by atoms with Crippen molar-refractivity contribution >= 4 is 39.1 Å². The highest BCUT2D eigenvalue weighted by atomic mass is 79.9. The van der Waals surface area contributed by atoms with Crippen LogP contribution in [0.25, 0.3) is 0 Å². The summed E-state index contributed by atoms with van der Waals surface area (Å²) in [4.78, 5) is 0. The molecule has 4 heteroatoms. The minimum Gasteiger partial charge on any atom is -0.495 e. The first kappa shape index (κ1) is 16.1. The molecule has 0 aliphatic carbocycles. The lowest BCUT2D eigenvalue weighted by Gasteiger charge is -2.21. The van der Waals surface area contributed by atoms with Crippen LogP contribution in [0, 0.1) is 5.92 Å². The predicted octanol–water partition coefficient (Wildman–Crippen LogP) is 6.22. The molecular formula is C14H19BrCl2O. The van der Waals surface area contributed by atoms with E-state index in [1.807, 2.05) is 12.1 Å². The summed E-state index contributed by atoms with van der Waals surface area (Å²) in [6.07, 6.45) is 3.48. The number of hydrogen-bond donors (Lipinski definition) is 0. The minimum atomic E-state index is -0.0819. The van der Waals surface area contributed by atoms with Gasteiger partial charge in [0.05, 0.1) is 17.0 Å². The van der Waals surface area contributed by atoms with Crippen molar-refractivity contribution in [2.24, 2.45) is 5.92 Å². The topological polar surface area (TPSA) is 9.23 Å². The number of halogens is 3. The van der Waals surface area contributed by atoms with Crippen molar-refractivity contribution in [1.82, 2.24) is 0 Å². The van der Waals surface area contributed by atoms with Crippen LogP contribution in [0.2, 0.25) is 5.02 Å². The normalized spacial score (nSPS) is 14.3. The zero-order chi connectivity index (χ0) is 13.7. The van der Waals surface area contributed by atoms with Crippen molar-refractivity contribution in [1.29, 1.82) is 0 Å². The van der Waals surface area contributed by atoms with Crippen molar-refractivity contribution < 1.29 is 4.74 Å². The van der Waals surface area contributed by atoms with Crippen LogP contribution in [-0.4, -0.2) is 7.11 Å². The molecular weight excluding hydrogens is 335 g/mol. The molecule has 1 nitrogen and oxygen atoms in total. The van der Waals surface area contributed by atoms with Gasteiger partial charge in [0.1, 0.15) is 5.75 Å². The Balaban J connectivity index is 3.00. The molecule has 0 aliphatic rings. The van der Waals surface area contributed by atoms with Crippen molar-refractivity contribution in [3.8, 4) is 5.75 Å². The van der Waals surface area contributed by atoms with E-state index in [0.717, 1.165) is 22.2 Å². The molecule has 0 fully saturated rings. The SMILES string of the molecule is CCCCC(C)C(Cl)c1cc(Cl)cc(Br)c1OC. The zero-order valence-corrected chi connectivity index (χ0v) is 14.1. The van der Waals surface area contributed by atoms with E-state index in [2.05, 4.69) is 29.8 Å².